The van der Waals surface area contributed by atoms with Crippen LogP contribution in [0.1, 0.15) is 31.4 Å². The molecule has 1 aliphatic heterocycles. The molecule has 1 aliphatic rings. The van der Waals surface area contributed by atoms with E-state index in [0.717, 1.165) is 23.9 Å². The molecule has 0 aromatic heterocycles. The Kier molecular flexibility index (Phi) is 7.13. The quantitative estimate of drug-likeness (QED) is 0.750. The van der Waals surface area contributed by atoms with Crippen molar-refractivity contribution in [3.05, 3.63) is 34.3 Å². The van der Waals surface area contributed by atoms with Gasteiger partial charge in [0, 0.05) is 23.7 Å². The Bertz CT molecular complexity index is 424. The van der Waals surface area contributed by atoms with Gasteiger partial charge in [0.2, 0.25) is 0 Å². The Morgan fingerprint density at radius 1 is 1.48 bits per heavy atom. The second kappa shape index (κ2) is 8.86. The van der Waals surface area contributed by atoms with Crippen LogP contribution < -0.4 is 5.32 Å². The molecule has 0 saturated carbocycles. The summed E-state index contributed by atoms with van der Waals surface area (Å²) in [6.45, 7) is 4.35. The number of aliphatic hydroxyl groups excluding tert-OH is 1. The van der Waals surface area contributed by atoms with Crippen LogP contribution in [0, 0.1) is 0 Å². The fraction of sp³-hybridized carbons (Fsp3) is 0.625. The van der Waals surface area contributed by atoms with Gasteiger partial charge in [0.05, 0.1) is 25.4 Å². The molecule has 2 unspecified atom stereocenters. The Balaban J connectivity index is 1.63. The first-order valence-electron chi connectivity index (χ1n) is 7.52. The second-order valence-corrected chi connectivity index (χ2v) is 6.33. The molecule has 3 atom stereocenters. The van der Waals surface area contributed by atoms with Crippen LogP contribution in [0.2, 0.25) is 0 Å². The summed E-state index contributed by atoms with van der Waals surface area (Å²) in [7, 11) is 0. The summed E-state index contributed by atoms with van der Waals surface area (Å²) in [5.41, 5.74) is 1.19. The second-order valence-electron chi connectivity index (χ2n) is 5.48. The number of hydrogen-bond donors (Lipinski definition) is 2. The lowest BCUT2D eigenvalue weighted by molar-refractivity contribution is -0.0168. The van der Waals surface area contributed by atoms with Crippen molar-refractivity contribution < 1.29 is 14.6 Å². The van der Waals surface area contributed by atoms with E-state index in [-0.39, 0.29) is 12.1 Å². The molecule has 0 spiro atoms. The predicted octanol–water partition coefficient (Wildman–Crippen LogP) is 2.66. The summed E-state index contributed by atoms with van der Waals surface area (Å²) in [6, 6.07) is 8.28. The third-order valence-corrected chi connectivity index (χ3v) is 4.39. The highest BCUT2D eigenvalue weighted by Gasteiger charge is 2.16. The van der Waals surface area contributed by atoms with Gasteiger partial charge in [0.25, 0.3) is 0 Å². The number of hydrogen-bond acceptors (Lipinski definition) is 4. The summed E-state index contributed by atoms with van der Waals surface area (Å²) in [5, 5.41) is 13.3. The molecule has 0 radical (unpaired) electrons. The smallest absolute Gasteiger partial charge is 0.0897 e. The average molecular weight is 358 g/mol. The van der Waals surface area contributed by atoms with E-state index in [4.69, 9.17) is 9.47 Å². The lowest BCUT2D eigenvalue weighted by atomic mass is 10.1. The minimum absolute atomic E-state index is 0.174. The third-order valence-electron chi connectivity index (χ3n) is 3.67. The van der Waals surface area contributed by atoms with Gasteiger partial charge in [-0.15, -0.1) is 0 Å². The fourth-order valence-corrected chi connectivity index (χ4v) is 3.05. The monoisotopic (exact) mass is 357 g/mol. The van der Waals surface area contributed by atoms with Crippen molar-refractivity contribution in [3.8, 4) is 0 Å². The van der Waals surface area contributed by atoms with Crippen LogP contribution in [0.3, 0.4) is 0 Å². The molecule has 1 aromatic carbocycles. The normalized spacial score (nSPS) is 21.4. The number of halogens is 1. The molecular weight excluding hydrogens is 334 g/mol. The van der Waals surface area contributed by atoms with Crippen molar-refractivity contribution in [1.82, 2.24) is 5.32 Å². The van der Waals surface area contributed by atoms with Crippen LogP contribution in [-0.2, 0) is 9.47 Å². The summed E-state index contributed by atoms with van der Waals surface area (Å²) in [5.74, 6) is 0. The van der Waals surface area contributed by atoms with Crippen molar-refractivity contribution >= 4 is 15.9 Å². The average Bonchev–Trinajstić information content (AvgIpc) is 2.98. The fourth-order valence-electron chi connectivity index (χ4n) is 2.42. The van der Waals surface area contributed by atoms with E-state index in [1.165, 1.54) is 5.56 Å². The topological polar surface area (TPSA) is 50.7 Å². The van der Waals surface area contributed by atoms with Crippen LogP contribution in [0.15, 0.2) is 28.7 Å². The number of rotatable bonds is 8. The molecule has 118 valence electrons. The number of benzene rings is 1. The maximum absolute atomic E-state index is 9.95. The van der Waals surface area contributed by atoms with Gasteiger partial charge in [-0.2, -0.15) is 0 Å². The zero-order valence-corrected chi connectivity index (χ0v) is 14.0. The Morgan fingerprint density at radius 2 is 2.29 bits per heavy atom. The molecule has 1 saturated heterocycles. The molecule has 1 heterocycles. The van der Waals surface area contributed by atoms with E-state index in [9.17, 15) is 5.11 Å². The molecule has 0 amide bonds. The van der Waals surface area contributed by atoms with Gasteiger partial charge in [-0.25, -0.2) is 0 Å². The highest BCUT2D eigenvalue weighted by molar-refractivity contribution is 9.10. The number of aliphatic hydroxyl groups is 1. The van der Waals surface area contributed by atoms with E-state index >= 15 is 0 Å². The first-order valence-corrected chi connectivity index (χ1v) is 8.31. The van der Waals surface area contributed by atoms with Gasteiger partial charge in [-0.05, 0) is 31.4 Å². The van der Waals surface area contributed by atoms with Gasteiger partial charge < -0.3 is 19.9 Å². The Hall–Kier alpha value is -0.460. The minimum Gasteiger partial charge on any atom is -0.389 e. The maximum Gasteiger partial charge on any atom is 0.0897 e. The molecule has 2 rings (SSSR count). The molecule has 2 N–H and O–H groups in total. The Morgan fingerprint density at radius 3 is 3.00 bits per heavy atom. The van der Waals surface area contributed by atoms with Crippen LogP contribution >= 0.6 is 15.9 Å². The van der Waals surface area contributed by atoms with Crippen molar-refractivity contribution in [2.24, 2.45) is 0 Å². The van der Waals surface area contributed by atoms with Crippen molar-refractivity contribution in [3.63, 3.8) is 0 Å². The van der Waals surface area contributed by atoms with Gasteiger partial charge in [-0.3, -0.25) is 0 Å². The molecule has 1 fully saturated rings. The van der Waals surface area contributed by atoms with Crippen molar-refractivity contribution in [2.45, 2.75) is 38.0 Å². The van der Waals surface area contributed by atoms with Crippen LogP contribution in [0.5, 0.6) is 0 Å². The zero-order chi connectivity index (χ0) is 15.1. The van der Waals surface area contributed by atoms with Crippen molar-refractivity contribution in [1.29, 1.82) is 0 Å². The molecule has 4 nitrogen and oxygen atoms in total. The highest BCUT2D eigenvalue weighted by Crippen LogP contribution is 2.22. The predicted molar refractivity (Wildman–Crippen MR) is 86.4 cm³/mol. The third kappa shape index (κ3) is 5.68. The van der Waals surface area contributed by atoms with Gasteiger partial charge in [0.1, 0.15) is 0 Å². The Labute approximate surface area is 135 Å². The molecule has 1 aromatic rings. The van der Waals surface area contributed by atoms with E-state index in [0.29, 0.717) is 19.8 Å². The van der Waals surface area contributed by atoms with E-state index < -0.39 is 6.10 Å². The van der Waals surface area contributed by atoms with Gasteiger partial charge in [0.15, 0.2) is 0 Å². The van der Waals surface area contributed by atoms with Crippen molar-refractivity contribution in [2.75, 3.05) is 26.4 Å². The summed E-state index contributed by atoms with van der Waals surface area (Å²) in [6.07, 6.45) is 1.88. The number of ether oxygens (including phenoxy) is 2. The SMILES string of the molecule is C[C@@H](NCC(O)COCC1CCCO1)c1ccccc1Br. The van der Waals surface area contributed by atoms with Gasteiger partial charge >= 0.3 is 0 Å². The number of nitrogens with one attached hydrogen (secondary N) is 1. The molecular formula is C16H24BrNO3. The van der Waals surface area contributed by atoms with Crippen LogP contribution in [-0.4, -0.2) is 43.7 Å². The first kappa shape index (κ1) is 16.9. The first-order chi connectivity index (χ1) is 10.2. The lowest BCUT2D eigenvalue weighted by Crippen LogP contribution is -2.33. The summed E-state index contributed by atoms with van der Waals surface area (Å²) < 4.78 is 12.1. The van der Waals surface area contributed by atoms with Crippen LogP contribution in [0.25, 0.3) is 0 Å². The highest BCUT2D eigenvalue weighted by atomic mass is 79.9. The summed E-state index contributed by atoms with van der Waals surface area (Å²) in [4.78, 5) is 0. The molecule has 0 bridgehead atoms. The zero-order valence-electron chi connectivity index (χ0n) is 12.4. The lowest BCUT2D eigenvalue weighted by Gasteiger charge is -2.19. The largest absolute Gasteiger partial charge is 0.389 e. The van der Waals surface area contributed by atoms with E-state index in [1.54, 1.807) is 0 Å². The van der Waals surface area contributed by atoms with E-state index in [1.807, 2.05) is 18.2 Å². The van der Waals surface area contributed by atoms with Crippen LogP contribution in [0.4, 0.5) is 0 Å². The molecule has 5 heteroatoms. The van der Waals surface area contributed by atoms with Gasteiger partial charge in [-0.1, -0.05) is 34.1 Å². The summed E-state index contributed by atoms with van der Waals surface area (Å²) >= 11 is 3.54. The van der Waals surface area contributed by atoms with E-state index in [2.05, 4.69) is 34.2 Å². The maximum atomic E-state index is 9.95. The molecule has 21 heavy (non-hydrogen) atoms. The minimum atomic E-state index is -0.503. The standard InChI is InChI=1S/C16H24BrNO3/c1-12(15-6-2-3-7-16(15)17)18-9-13(19)10-20-11-14-5-4-8-21-14/h2-3,6-7,12-14,18-19H,4-5,8-11H2,1H3/t12-,13?,14?/m1/s1. The molecule has 0 aliphatic carbocycles.